The van der Waals surface area contributed by atoms with Gasteiger partial charge in [0.15, 0.2) is 0 Å². The van der Waals surface area contributed by atoms with E-state index in [1.54, 1.807) is 35.2 Å². The highest BCUT2D eigenvalue weighted by molar-refractivity contribution is 8.00. The van der Waals surface area contributed by atoms with Gasteiger partial charge < -0.3 is 4.90 Å². The minimum Gasteiger partial charge on any atom is -0.321 e. The van der Waals surface area contributed by atoms with Gasteiger partial charge in [-0.05, 0) is 23.8 Å². The summed E-state index contributed by atoms with van der Waals surface area (Å²) in [6, 6.07) is 15.7. The summed E-state index contributed by atoms with van der Waals surface area (Å²) in [5.74, 6) is 0.0902. The summed E-state index contributed by atoms with van der Waals surface area (Å²) in [4.78, 5) is 13.8. The van der Waals surface area contributed by atoms with Crippen LogP contribution in [0.4, 0.5) is 4.39 Å². The zero-order valence-corrected chi connectivity index (χ0v) is 12.5. The molecule has 0 radical (unpaired) electrons. The maximum atomic E-state index is 13.8. The zero-order valence-electron chi connectivity index (χ0n) is 11.7. The number of hydrogen-bond donors (Lipinski definition) is 0. The van der Waals surface area contributed by atoms with Gasteiger partial charge in [-0.1, -0.05) is 30.3 Å². The molecule has 1 aliphatic rings. The Morgan fingerprint density at radius 1 is 1.23 bits per heavy atom. The number of nitrogens with zero attached hydrogens (tertiary/aromatic N) is 2. The second-order valence-electron chi connectivity index (χ2n) is 5.01. The van der Waals surface area contributed by atoms with E-state index in [1.165, 1.54) is 17.8 Å². The molecule has 1 amide bonds. The molecular weight excluding hydrogens is 299 g/mol. The van der Waals surface area contributed by atoms with Gasteiger partial charge in [-0.3, -0.25) is 4.79 Å². The maximum Gasteiger partial charge on any atom is 0.234 e. The second kappa shape index (κ2) is 6.20. The van der Waals surface area contributed by atoms with E-state index < -0.39 is 0 Å². The van der Waals surface area contributed by atoms with Crippen molar-refractivity contribution in [2.24, 2.45) is 0 Å². The highest BCUT2D eigenvalue weighted by Gasteiger charge is 2.33. The summed E-state index contributed by atoms with van der Waals surface area (Å²) < 4.78 is 13.8. The molecule has 1 unspecified atom stereocenters. The molecule has 1 saturated heterocycles. The van der Waals surface area contributed by atoms with Gasteiger partial charge >= 0.3 is 0 Å². The number of hydrogen-bond acceptors (Lipinski definition) is 3. The van der Waals surface area contributed by atoms with E-state index in [9.17, 15) is 9.18 Å². The first-order valence-corrected chi connectivity index (χ1v) is 7.88. The van der Waals surface area contributed by atoms with E-state index >= 15 is 0 Å². The Morgan fingerprint density at radius 2 is 1.95 bits per heavy atom. The predicted molar refractivity (Wildman–Crippen MR) is 83.3 cm³/mol. The standard InChI is InChI=1S/C17H13FN2OS/c18-15-4-2-1-3-14(15)10-20-16(21)11-22-17(20)13-7-5-12(9-19)6-8-13/h1-8,17H,10-11H2. The summed E-state index contributed by atoms with van der Waals surface area (Å²) in [6.45, 7) is 0.253. The molecule has 0 N–H and O–H groups in total. The van der Waals surface area contributed by atoms with Gasteiger partial charge in [-0.15, -0.1) is 11.8 Å². The number of carbonyl (C=O) groups excluding carboxylic acids is 1. The Bertz CT molecular complexity index is 739. The zero-order chi connectivity index (χ0) is 15.5. The van der Waals surface area contributed by atoms with Crippen LogP contribution in [0.5, 0.6) is 0 Å². The van der Waals surface area contributed by atoms with Crippen LogP contribution in [0, 0.1) is 17.1 Å². The van der Waals surface area contributed by atoms with Crippen LogP contribution in [0.2, 0.25) is 0 Å². The van der Waals surface area contributed by atoms with Crippen LogP contribution >= 0.6 is 11.8 Å². The van der Waals surface area contributed by atoms with Crippen molar-refractivity contribution in [2.45, 2.75) is 11.9 Å². The number of halogens is 1. The number of nitriles is 1. The fraction of sp³-hybridized carbons (Fsp3) is 0.176. The lowest BCUT2D eigenvalue weighted by molar-refractivity contribution is -0.128. The van der Waals surface area contributed by atoms with Gasteiger partial charge in [-0.2, -0.15) is 5.26 Å². The van der Waals surface area contributed by atoms with E-state index in [4.69, 9.17) is 5.26 Å². The third kappa shape index (κ3) is 2.83. The molecule has 22 heavy (non-hydrogen) atoms. The molecule has 3 rings (SSSR count). The molecule has 3 nitrogen and oxygen atoms in total. The minimum absolute atomic E-state index is 0.00242. The summed E-state index contributed by atoms with van der Waals surface area (Å²) in [5.41, 5.74) is 2.04. The molecule has 1 heterocycles. The molecule has 110 valence electrons. The van der Waals surface area contributed by atoms with E-state index in [2.05, 4.69) is 6.07 Å². The normalized spacial score (nSPS) is 17.5. The van der Waals surface area contributed by atoms with Gasteiger partial charge in [0.25, 0.3) is 0 Å². The smallest absolute Gasteiger partial charge is 0.234 e. The van der Waals surface area contributed by atoms with Crippen molar-refractivity contribution in [3.05, 3.63) is 71.0 Å². The van der Waals surface area contributed by atoms with Crippen LogP contribution in [0.25, 0.3) is 0 Å². The maximum absolute atomic E-state index is 13.8. The number of carbonyl (C=O) groups is 1. The Morgan fingerprint density at radius 3 is 2.64 bits per heavy atom. The van der Waals surface area contributed by atoms with Gasteiger partial charge in [-0.25, -0.2) is 4.39 Å². The van der Waals surface area contributed by atoms with E-state index in [1.807, 2.05) is 12.1 Å². The molecule has 1 fully saturated rings. The molecule has 0 bridgehead atoms. The Labute approximate surface area is 132 Å². The molecule has 0 aromatic heterocycles. The van der Waals surface area contributed by atoms with Crippen molar-refractivity contribution in [2.75, 3.05) is 5.75 Å². The average Bonchev–Trinajstić information content (AvgIpc) is 2.91. The number of rotatable bonds is 3. The SMILES string of the molecule is N#Cc1ccc(C2SCC(=O)N2Cc2ccccc2F)cc1. The van der Waals surface area contributed by atoms with Crippen LogP contribution in [0.1, 0.15) is 22.1 Å². The molecule has 0 saturated carbocycles. The van der Waals surface area contributed by atoms with Crippen LogP contribution in [0.3, 0.4) is 0 Å². The van der Waals surface area contributed by atoms with Crippen molar-refractivity contribution < 1.29 is 9.18 Å². The number of amides is 1. The lowest BCUT2D eigenvalue weighted by atomic mass is 10.1. The Kier molecular flexibility index (Phi) is 4.12. The van der Waals surface area contributed by atoms with Gasteiger partial charge in [0.2, 0.25) is 5.91 Å². The first kappa shape index (κ1) is 14.6. The molecule has 2 aromatic rings. The van der Waals surface area contributed by atoms with Crippen molar-refractivity contribution >= 4 is 17.7 Å². The molecule has 5 heteroatoms. The van der Waals surface area contributed by atoms with Crippen LogP contribution in [-0.2, 0) is 11.3 Å². The molecule has 0 aliphatic carbocycles. The van der Waals surface area contributed by atoms with E-state index in [-0.39, 0.29) is 23.6 Å². The monoisotopic (exact) mass is 312 g/mol. The number of benzene rings is 2. The third-order valence-corrected chi connectivity index (χ3v) is 4.85. The third-order valence-electron chi connectivity index (χ3n) is 3.59. The van der Waals surface area contributed by atoms with Gasteiger partial charge in [0, 0.05) is 12.1 Å². The summed E-state index contributed by atoms with van der Waals surface area (Å²) >= 11 is 1.52. The molecule has 2 aromatic carbocycles. The Balaban J connectivity index is 1.86. The van der Waals surface area contributed by atoms with Gasteiger partial charge in [0.05, 0.1) is 17.4 Å². The van der Waals surface area contributed by atoms with Crippen molar-refractivity contribution in [3.8, 4) is 6.07 Å². The average molecular weight is 312 g/mol. The number of thioether (sulfide) groups is 1. The minimum atomic E-state index is -0.300. The fourth-order valence-electron chi connectivity index (χ4n) is 2.43. The van der Waals surface area contributed by atoms with Gasteiger partial charge in [0.1, 0.15) is 11.2 Å². The fourth-order valence-corrected chi connectivity index (χ4v) is 3.62. The van der Waals surface area contributed by atoms with Crippen LogP contribution in [0.15, 0.2) is 48.5 Å². The van der Waals surface area contributed by atoms with Crippen molar-refractivity contribution in [1.82, 2.24) is 4.90 Å². The molecule has 1 aliphatic heterocycles. The lowest BCUT2D eigenvalue weighted by Crippen LogP contribution is -2.28. The largest absolute Gasteiger partial charge is 0.321 e. The van der Waals surface area contributed by atoms with E-state index in [0.717, 1.165) is 5.56 Å². The first-order valence-electron chi connectivity index (χ1n) is 6.83. The topological polar surface area (TPSA) is 44.1 Å². The summed E-state index contributed by atoms with van der Waals surface area (Å²) in [6.07, 6.45) is 0. The predicted octanol–water partition coefficient (Wildman–Crippen LogP) is 3.47. The second-order valence-corrected chi connectivity index (χ2v) is 6.08. The van der Waals surface area contributed by atoms with Crippen LogP contribution < -0.4 is 0 Å². The quantitative estimate of drug-likeness (QED) is 0.871. The molecule has 0 spiro atoms. The highest BCUT2D eigenvalue weighted by atomic mass is 32.2. The highest BCUT2D eigenvalue weighted by Crippen LogP contribution is 2.39. The van der Waals surface area contributed by atoms with E-state index in [0.29, 0.717) is 16.9 Å². The summed E-state index contributed by atoms with van der Waals surface area (Å²) in [7, 11) is 0. The molecular formula is C17H13FN2OS. The first-order chi connectivity index (χ1) is 10.7. The van der Waals surface area contributed by atoms with Crippen LogP contribution in [-0.4, -0.2) is 16.6 Å². The molecule has 1 atom stereocenters. The van der Waals surface area contributed by atoms with Crippen molar-refractivity contribution in [3.63, 3.8) is 0 Å². The summed E-state index contributed by atoms with van der Waals surface area (Å²) in [5, 5.41) is 8.71. The van der Waals surface area contributed by atoms with Crippen molar-refractivity contribution in [1.29, 1.82) is 5.26 Å². The Hall–Kier alpha value is -2.32. The lowest BCUT2D eigenvalue weighted by Gasteiger charge is -2.24.